The molecule has 0 heterocycles. The molecule has 0 saturated carbocycles. The molecule has 0 amide bonds. The van der Waals surface area contributed by atoms with E-state index in [-0.39, 0.29) is 18.0 Å². The van der Waals surface area contributed by atoms with Crippen LogP contribution >= 0.6 is 31.9 Å². The van der Waals surface area contributed by atoms with Crippen molar-refractivity contribution in [3.63, 3.8) is 0 Å². The first-order chi connectivity index (χ1) is 7.73. The van der Waals surface area contributed by atoms with E-state index < -0.39 is 5.41 Å². The lowest BCUT2D eigenvalue weighted by Crippen LogP contribution is -2.23. The summed E-state index contributed by atoms with van der Waals surface area (Å²) in [5.74, 6) is -0.213. The number of hydrogen-bond acceptors (Lipinski definition) is 2. The molecule has 0 aliphatic rings. The van der Waals surface area contributed by atoms with Gasteiger partial charge in [-0.25, -0.2) is 0 Å². The van der Waals surface area contributed by atoms with Gasteiger partial charge in [0.2, 0.25) is 0 Å². The Morgan fingerprint density at radius 1 is 1.12 bits per heavy atom. The molecule has 0 saturated heterocycles. The van der Waals surface area contributed by atoms with Crippen LogP contribution < -0.4 is 0 Å². The van der Waals surface area contributed by atoms with E-state index >= 15 is 0 Å². The van der Waals surface area contributed by atoms with Crippen molar-refractivity contribution in [1.29, 1.82) is 0 Å². The summed E-state index contributed by atoms with van der Waals surface area (Å²) in [7, 11) is 0. The van der Waals surface area contributed by atoms with E-state index in [4.69, 9.17) is 0 Å². The molecule has 1 aromatic rings. The quantitative estimate of drug-likeness (QED) is 0.590. The largest absolute Gasteiger partial charge is 0.299 e. The van der Waals surface area contributed by atoms with E-state index in [0.29, 0.717) is 14.5 Å². The minimum absolute atomic E-state index is 0.0508. The first-order valence-corrected chi connectivity index (χ1v) is 6.82. The zero-order chi connectivity index (χ0) is 13.2. The summed E-state index contributed by atoms with van der Waals surface area (Å²) in [5, 5.41) is 0. The van der Waals surface area contributed by atoms with Crippen molar-refractivity contribution in [1.82, 2.24) is 0 Å². The Morgan fingerprint density at radius 3 is 2.00 bits per heavy atom. The summed E-state index contributed by atoms with van der Waals surface area (Å²) >= 11 is 6.65. The van der Waals surface area contributed by atoms with Gasteiger partial charge in [0.1, 0.15) is 5.78 Å². The molecule has 0 fully saturated rings. The number of carbonyl (C=O) groups is 2. The highest BCUT2D eigenvalue weighted by Gasteiger charge is 2.25. The summed E-state index contributed by atoms with van der Waals surface area (Å²) < 4.78 is 1.41. The molecule has 0 unspecified atom stereocenters. The topological polar surface area (TPSA) is 34.1 Å². The Hall–Kier alpha value is -0.480. The molecule has 0 aliphatic carbocycles. The number of carbonyl (C=O) groups excluding carboxylic acids is 2. The molecule has 4 heteroatoms. The maximum Gasteiger partial charge on any atom is 0.172 e. The molecular weight excluding hydrogens is 348 g/mol. The monoisotopic (exact) mass is 360 g/mol. The molecule has 0 bridgehead atoms. The molecule has 0 atom stereocenters. The predicted octanol–water partition coefficient (Wildman–Crippen LogP) is 4.40. The predicted molar refractivity (Wildman–Crippen MR) is 75.3 cm³/mol. The maximum atomic E-state index is 12.1. The fourth-order valence-corrected chi connectivity index (χ4v) is 2.70. The summed E-state index contributed by atoms with van der Waals surface area (Å²) in [6.45, 7) is 5.45. The zero-order valence-electron chi connectivity index (χ0n) is 10.0. The standard InChI is InChI=1S/C13H14Br2O2/c1-13(2,3)11(17)7-10(16)12-8(14)5-4-6-9(12)15/h4-6H,7H2,1-3H3. The molecule has 1 aromatic carbocycles. The molecule has 0 radical (unpaired) electrons. The normalized spacial score (nSPS) is 11.4. The lowest BCUT2D eigenvalue weighted by atomic mass is 9.87. The molecule has 0 N–H and O–H groups in total. The molecule has 0 aliphatic heterocycles. The Morgan fingerprint density at radius 2 is 1.59 bits per heavy atom. The van der Waals surface area contributed by atoms with Crippen molar-refractivity contribution in [2.45, 2.75) is 27.2 Å². The first-order valence-electron chi connectivity index (χ1n) is 5.24. The molecular formula is C13H14Br2O2. The highest BCUT2D eigenvalue weighted by atomic mass is 79.9. The van der Waals surface area contributed by atoms with Gasteiger partial charge < -0.3 is 0 Å². The van der Waals surface area contributed by atoms with E-state index in [1.807, 2.05) is 26.8 Å². The van der Waals surface area contributed by atoms with Crippen LogP contribution in [0.5, 0.6) is 0 Å². The van der Waals surface area contributed by atoms with Crippen LogP contribution in [0.25, 0.3) is 0 Å². The van der Waals surface area contributed by atoms with Gasteiger partial charge in [-0.3, -0.25) is 9.59 Å². The highest BCUT2D eigenvalue weighted by molar-refractivity contribution is 9.11. The minimum atomic E-state index is -0.483. The lowest BCUT2D eigenvalue weighted by Gasteiger charge is -2.16. The van der Waals surface area contributed by atoms with Crippen LogP contribution in [0, 0.1) is 5.41 Å². The molecule has 92 valence electrons. The van der Waals surface area contributed by atoms with Gasteiger partial charge in [-0.1, -0.05) is 58.7 Å². The van der Waals surface area contributed by atoms with Gasteiger partial charge in [0.25, 0.3) is 0 Å². The second-order valence-electron chi connectivity index (χ2n) is 4.87. The maximum absolute atomic E-state index is 12.1. The molecule has 1 rings (SSSR count). The second-order valence-corrected chi connectivity index (χ2v) is 6.58. The number of benzene rings is 1. The summed E-state index contributed by atoms with van der Waals surface area (Å²) in [4.78, 5) is 23.9. The van der Waals surface area contributed by atoms with E-state index in [0.717, 1.165) is 0 Å². The first kappa shape index (κ1) is 14.6. The van der Waals surface area contributed by atoms with Crippen molar-refractivity contribution in [3.05, 3.63) is 32.7 Å². The fraction of sp³-hybridized carbons (Fsp3) is 0.385. The van der Waals surface area contributed by atoms with Crippen LogP contribution in [0.2, 0.25) is 0 Å². The van der Waals surface area contributed by atoms with Crippen molar-refractivity contribution < 1.29 is 9.59 Å². The SMILES string of the molecule is CC(C)(C)C(=O)CC(=O)c1c(Br)cccc1Br. The third-order valence-corrected chi connectivity index (χ3v) is 3.72. The lowest BCUT2D eigenvalue weighted by molar-refractivity contribution is -0.125. The van der Waals surface area contributed by atoms with Gasteiger partial charge in [0.15, 0.2) is 5.78 Å². The van der Waals surface area contributed by atoms with Gasteiger partial charge >= 0.3 is 0 Å². The van der Waals surface area contributed by atoms with Crippen LogP contribution in [0.3, 0.4) is 0 Å². The van der Waals surface area contributed by atoms with Gasteiger partial charge in [-0.15, -0.1) is 0 Å². The van der Waals surface area contributed by atoms with Gasteiger partial charge in [-0.05, 0) is 12.1 Å². The van der Waals surface area contributed by atoms with Crippen LogP contribution in [-0.4, -0.2) is 11.6 Å². The van der Waals surface area contributed by atoms with Crippen molar-refractivity contribution in [3.8, 4) is 0 Å². The molecule has 2 nitrogen and oxygen atoms in total. The van der Waals surface area contributed by atoms with Crippen molar-refractivity contribution in [2.24, 2.45) is 5.41 Å². The molecule has 0 aromatic heterocycles. The number of Topliss-reactive ketones (excluding diaryl/α,β-unsaturated/α-hetero) is 2. The van der Waals surface area contributed by atoms with Crippen LogP contribution in [0.1, 0.15) is 37.6 Å². The number of ketones is 2. The number of hydrogen-bond donors (Lipinski definition) is 0. The minimum Gasteiger partial charge on any atom is -0.299 e. The zero-order valence-corrected chi connectivity index (χ0v) is 13.2. The van der Waals surface area contributed by atoms with Crippen LogP contribution in [-0.2, 0) is 4.79 Å². The van der Waals surface area contributed by atoms with Gasteiger partial charge in [0, 0.05) is 19.9 Å². The number of halogens is 2. The number of rotatable bonds is 3. The molecule has 17 heavy (non-hydrogen) atoms. The van der Waals surface area contributed by atoms with Crippen molar-refractivity contribution in [2.75, 3.05) is 0 Å². The smallest absolute Gasteiger partial charge is 0.172 e. The summed E-state index contributed by atoms with van der Waals surface area (Å²) in [6.07, 6.45) is -0.0648. The Kier molecular flexibility index (Phi) is 4.67. The van der Waals surface area contributed by atoms with E-state index in [2.05, 4.69) is 31.9 Å². The van der Waals surface area contributed by atoms with Crippen molar-refractivity contribution >= 4 is 43.4 Å². The average Bonchev–Trinajstić information content (AvgIpc) is 2.15. The van der Waals surface area contributed by atoms with Crippen LogP contribution in [0.4, 0.5) is 0 Å². The van der Waals surface area contributed by atoms with E-state index in [1.165, 1.54) is 0 Å². The third kappa shape index (κ3) is 3.75. The summed E-state index contributed by atoms with van der Waals surface area (Å²) in [6, 6.07) is 5.41. The van der Waals surface area contributed by atoms with Gasteiger partial charge in [-0.2, -0.15) is 0 Å². The Labute approximate surface area is 118 Å². The van der Waals surface area contributed by atoms with Gasteiger partial charge in [0.05, 0.1) is 6.42 Å². The Balaban J connectivity index is 2.96. The summed E-state index contributed by atoms with van der Waals surface area (Å²) in [5.41, 5.74) is 0.0498. The highest BCUT2D eigenvalue weighted by Crippen LogP contribution is 2.27. The fourth-order valence-electron chi connectivity index (χ4n) is 1.26. The van der Waals surface area contributed by atoms with E-state index in [9.17, 15) is 9.59 Å². The molecule has 0 spiro atoms. The Bertz CT molecular complexity index is 439. The van der Waals surface area contributed by atoms with Crippen LogP contribution in [0.15, 0.2) is 27.1 Å². The van der Waals surface area contributed by atoms with E-state index in [1.54, 1.807) is 12.1 Å². The average molecular weight is 362 g/mol. The second kappa shape index (κ2) is 5.44. The third-order valence-electron chi connectivity index (χ3n) is 2.40.